The average molecular weight is 830 g/mol. The van der Waals surface area contributed by atoms with Gasteiger partial charge in [0.05, 0.1) is 42.5 Å². The van der Waals surface area contributed by atoms with Crippen LogP contribution in [0, 0.1) is 22.7 Å². The number of fused-ring (bicyclic) bond motifs is 5. The summed E-state index contributed by atoms with van der Waals surface area (Å²) in [7, 11) is 0. The number of oxime groups is 1. The molecule has 0 amide bonds. The summed E-state index contributed by atoms with van der Waals surface area (Å²) in [4.78, 5) is 17.7. The van der Waals surface area contributed by atoms with Crippen molar-refractivity contribution in [2.75, 3.05) is 6.61 Å². The predicted molar refractivity (Wildman–Crippen MR) is 206 cm³/mol. The van der Waals surface area contributed by atoms with Gasteiger partial charge in [-0.1, -0.05) is 42.4 Å². The zero-order chi connectivity index (χ0) is 41.9. The molecule has 6 fully saturated rings. The fourth-order valence-corrected chi connectivity index (χ4v) is 12.0. The average Bonchev–Trinajstić information content (AvgIpc) is 3.51. The third kappa shape index (κ3) is 7.30. The van der Waals surface area contributed by atoms with Crippen LogP contribution in [0.15, 0.2) is 63.1 Å². The van der Waals surface area contributed by atoms with E-state index in [2.05, 4.69) is 12.1 Å². The Balaban J connectivity index is 1.00. The van der Waals surface area contributed by atoms with E-state index in [0.29, 0.717) is 44.9 Å². The standard InChI is InChI=1S/C43H59NO15/c1-23-37(59-39-35(50)33(48)32(47)30(19-45)58-39)34(49)36(51)38(56-23)57-26-10-15-41(22-44-55-20-24-6-4-3-5-7-24)28-11-14-40(2)27(25-8-9-31(46)54-21-25)13-17-43(40,53)29(28)12-16-42(41,52)18-26/h3-9,21-23,26-30,32-39,45,47-53H,10-20H2,1-2H3/b44-22+/t23-,26-,27+,28-,29+,30+,32+,33-,34-,35+,36+,37-,38-,39-,40+,41-,42-,43-/m0/s1. The van der Waals surface area contributed by atoms with Crippen molar-refractivity contribution in [2.24, 2.45) is 27.8 Å². The second kappa shape index (κ2) is 16.5. The maximum Gasteiger partial charge on any atom is 0.335 e. The Morgan fingerprint density at radius 3 is 2.27 bits per heavy atom. The molecule has 0 spiro atoms. The van der Waals surface area contributed by atoms with E-state index in [0.717, 1.165) is 17.5 Å². The molecule has 3 heterocycles. The molecule has 2 saturated heterocycles. The van der Waals surface area contributed by atoms with Gasteiger partial charge in [0.25, 0.3) is 0 Å². The summed E-state index contributed by atoms with van der Waals surface area (Å²) in [5, 5.41) is 93.3. The van der Waals surface area contributed by atoms with Gasteiger partial charge in [0.1, 0.15) is 49.3 Å². The monoisotopic (exact) mass is 829 g/mol. The highest BCUT2D eigenvalue weighted by atomic mass is 16.7. The molecule has 16 heteroatoms. The SMILES string of the molecule is C[C@@H]1O[C@@H](O[C@H]2CC[C@]3(/C=N/OCc4ccccc4)[C@H]4CC[C@]5(C)[C@@H](c6ccc(=O)oc6)CC[C@]5(O)[C@@H]4CC[C@]3(O)C2)[C@H](O)[C@H](O)[C@H]1O[C@@H]1O[C@H](CO)[C@@H](O)[C@H](O)[C@H]1O. The van der Waals surface area contributed by atoms with Crippen LogP contribution in [-0.2, 0) is 30.4 Å². The Bertz CT molecular complexity index is 1830. The Morgan fingerprint density at radius 1 is 0.814 bits per heavy atom. The number of hydrogen-bond acceptors (Lipinski definition) is 16. The molecule has 8 N–H and O–H groups in total. The van der Waals surface area contributed by atoms with Gasteiger partial charge in [-0.3, -0.25) is 0 Å². The molecule has 2 aliphatic heterocycles. The highest BCUT2D eigenvalue weighted by Crippen LogP contribution is 2.71. The van der Waals surface area contributed by atoms with Gasteiger partial charge in [-0.25, -0.2) is 4.79 Å². The molecule has 326 valence electrons. The lowest BCUT2D eigenvalue weighted by Gasteiger charge is -2.65. The fraction of sp³-hybridized carbons (Fsp3) is 0.721. The lowest BCUT2D eigenvalue weighted by molar-refractivity contribution is -0.361. The van der Waals surface area contributed by atoms with Gasteiger partial charge in [-0.15, -0.1) is 0 Å². The second-order valence-electron chi connectivity index (χ2n) is 18.2. The molecule has 59 heavy (non-hydrogen) atoms. The molecule has 2 aromatic rings. The molecular formula is C43H59NO15. The zero-order valence-electron chi connectivity index (χ0n) is 33.4. The Kier molecular flexibility index (Phi) is 11.9. The maximum atomic E-state index is 12.9. The van der Waals surface area contributed by atoms with E-state index in [9.17, 15) is 45.6 Å². The minimum absolute atomic E-state index is 0.0107. The molecule has 4 aliphatic carbocycles. The highest BCUT2D eigenvalue weighted by Gasteiger charge is 2.71. The Hall–Kier alpha value is -2.84. The predicted octanol–water partition coefficient (Wildman–Crippen LogP) is 1.22. The molecule has 0 bridgehead atoms. The number of nitrogens with zero attached hydrogens (tertiary/aromatic N) is 1. The van der Waals surface area contributed by atoms with Crippen molar-refractivity contribution < 1.29 is 69.1 Å². The number of aliphatic hydroxyl groups is 8. The van der Waals surface area contributed by atoms with Crippen LogP contribution in [0.2, 0.25) is 0 Å². The van der Waals surface area contributed by atoms with Crippen molar-refractivity contribution in [3.05, 3.63) is 70.3 Å². The lowest BCUT2D eigenvalue weighted by atomic mass is 9.41. The summed E-state index contributed by atoms with van der Waals surface area (Å²) in [5.74, 6) is -0.334. The summed E-state index contributed by atoms with van der Waals surface area (Å²) < 4.78 is 28.9. The van der Waals surface area contributed by atoms with Gasteiger partial charge in [-0.05, 0) is 93.2 Å². The van der Waals surface area contributed by atoms with E-state index >= 15 is 0 Å². The number of hydrogen-bond donors (Lipinski definition) is 8. The van der Waals surface area contributed by atoms with Crippen LogP contribution >= 0.6 is 0 Å². The van der Waals surface area contributed by atoms with E-state index in [1.807, 2.05) is 30.3 Å². The third-order valence-corrected chi connectivity index (χ3v) is 15.3. The number of benzene rings is 1. The van der Waals surface area contributed by atoms with Crippen molar-refractivity contribution in [3.63, 3.8) is 0 Å². The van der Waals surface area contributed by atoms with Crippen LogP contribution in [0.3, 0.4) is 0 Å². The van der Waals surface area contributed by atoms with Crippen LogP contribution in [0.5, 0.6) is 0 Å². The summed E-state index contributed by atoms with van der Waals surface area (Å²) in [5.41, 5.74) is -2.38. The van der Waals surface area contributed by atoms with Gasteiger partial charge in [0, 0.05) is 23.3 Å². The molecule has 1 aromatic carbocycles. The molecular weight excluding hydrogens is 770 g/mol. The second-order valence-corrected chi connectivity index (χ2v) is 18.2. The van der Waals surface area contributed by atoms with E-state index in [1.54, 1.807) is 19.2 Å². The van der Waals surface area contributed by atoms with Crippen molar-refractivity contribution in [1.82, 2.24) is 0 Å². The fourth-order valence-electron chi connectivity index (χ4n) is 12.0. The first-order valence-corrected chi connectivity index (χ1v) is 21.0. The molecule has 0 unspecified atom stereocenters. The van der Waals surface area contributed by atoms with Crippen LogP contribution < -0.4 is 5.63 Å². The molecule has 0 radical (unpaired) electrons. The van der Waals surface area contributed by atoms with Crippen LogP contribution in [0.1, 0.15) is 88.7 Å². The van der Waals surface area contributed by atoms with Crippen molar-refractivity contribution in [2.45, 2.75) is 163 Å². The zero-order valence-corrected chi connectivity index (χ0v) is 33.4. The van der Waals surface area contributed by atoms with Gasteiger partial charge in [0.15, 0.2) is 12.6 Å². The molecule has 16 nitrogen and oxygen atoms in total. The number of ether oxygens (including phenoxy) is 4. The van der Waals surface area contributed by atoms with Crippen LogP contribution in [0.4, 0.5) is 0 Å². The van der Waals surface area contributed by atoms with Crippen LogP contribution in [0.25, 0.3) is 0 Å². The molecule has 4 saturated carbocycles. The van der Waals surface area contributed by atoms with E-state index in [4.69, 9.17) is 28.2 Å². The van der Waals surface area contributed by atoms with Gasteiger partial charge in [0.2, 0.25) is 0 Å². The minimum atomic E-state index is -1.72. The number of rotatable bonds is 10. The smallest absolute Gasteiger partial charge is 0.335 e. The molecule has 8 rings (SSSR count). The van der Waals surface area contributed by atoms with Gasteiger partial charge >= 0.3 is 5.63 Å². The first-order valence-electron chi connectivity index (χ1n) is 21.0. The van der Waals surface area contributed by atoms with E-state index < -0.39 is 102 Å². The van der Waals surface area contributed by atoms with Gasteiger partial charge < -0.3 is 69.1 Å². The van der Waals surface area contributed by atoms with Crippen molar-refractivity contribution in [3.8, 4) is 0 Å². The topological polar surface area (TPSA) is 251 Å². The minimum Gasteiger partial charge on any atom is -0.431 e. The molecule has 1 aromatic heterocycles. The molecule has 18 atom stereocenters. The quantitative estimate of drug-likeness (QED) is 0.0953. The largest absolute Gasteiger partial charge is 0.431 e. The van der Waals surface area contributed by atoms with Gasteiger partial charge in [-0.2, -0.15) is 0 Å². The van der Waals surface area contributed by atoms with E-state index in [-0.39, 0.29) is 30.8 Å². The van der Waals surface area contributed by atoms with Crippen LogP contribution in [-0.4, -0.2) is 132 Å². The lowest BCUT2D eigenvalue weighted by Crippen LogP contribution is -2.69. The normalized spacial score (nSPS) is 47.3. The summed E-state index contributed by atoms with van der Waals surface area (Å²) in [6.07, 6.45) is -7.23. The first kappa shape index (κ1) is 42.8. The summed E-state index contributed by atoms with van der Waals surface area (Å²) in [6, 6.07) is 12.9. The van der Waals surface area contributed by atoms with Crippen molar-refractivity contribution in [1.29, 1.82) is 0 Å². The first-order chi connectivity index (χ1) is 28.1. The maximum absolute atomic E-state index is 12.9. The Morgan fingerprint density at radius 2 is 1.54 bits per heavy atom. The van der Waals surface area contributed by atoms with E-state index in [1.165, 1.54) is 12.3 Å². The highest BCUT2D eigenvalue weighted by molar-refractivity contribution is 5.69. The summed E-state index contributed by atoms with van der Waals surface area (Å²) in [6.45, 7) is 3.30. The van der Waals surface area contributed by atoms with Crippen molar-refractivity contribution >= 4 is 6.21 Å². The summed E-state index contributed by atoms with van der Waals surface area (Å²) >= 11 is 0. The molecule has 6 aliphatic rings. The Labute approximate surface area is 342 Å². The third-order valence-electron chi connectivity index (χ3n) is 15.3. The number of aliphatic hydroxyl groups excluding tert-OH is 6.